The Kier molecular flexibility index (Phi) is 9.36. The number of ether oxygens (including phenoxy) is 2. The number of rotatable bonds is 8. The van der Waals surface area contributed by atoms with Gasteiger partial charge in [-0.05, 0) is 19.3 Å². The van der Waals surface area contributed by atoms with Crippen molar-refractivity contribution < 1.29 is 9.47 Å². The van der Waals surface area contributed by atoms with Crippen molar-refractivity contribution in [1.29, 1.82) is 0 Å². The lowest BCUT2D eigenvalue weighted by Gasteiger charge is -2.26. The number of nitrogens with two attached hydrogens (primary N) is 1. The molecule has 6 heteroatoms. The highest BCUT2D eigenvalue weighted by atomic mass is 16.5. The number of nitrogens with zero attached hydrogens (tertiary/aromatic N) is 2. The SMILES string of the molecule is NC(=NCCCN1CCOCC1)NCCOC1CCCCCC1. The summed E-state index contributed by atoms with van der Waals surface area (Å²) in [7, 11) is 0. The van der Waals surface area contributed by atoms with Crippen LogP contribution in [0.15, 0.2) is 4.99 Å². The first-order valence-corrected chi connectivity index (χ1v) is 9.30. The summed E-state index contributed by atoms with van der Waals surface area (Å²) < 4.78 is 11.3. The number of hydrogen-bond donors (Lipinski definition) is 2. The van der Waals surface area contributed by atoms with Gasteiger partial charge < -0.3 is 20.5 Å². The second kappa shape index (κ2) is 11.6. The van der Waals surface area contributed by atoms with Crippen LogP contribution < -0.4 is 11.1 Å². The molecule has 3 N–H and O–H groups in total. The van der Waals surface area contributed by atoms with Gasteiger partial charge in [0, 0.05) is 32.7 Å². The maximum Gasteiger partial charge on any atom is 0.188 e. The van der Waals surface area contributed by atoms with Gasteiger partial charge >= 0.3 is 0 Å². The molecule has 0 aromatic heterocycles. The molecule has 0 spiro atoms. The first-order chi connectivity index (χ1) is 11.3. The normalized spacial score (nSPS) is 22.0. The lowest BCUT2D eigenvalue weighted by molar-refractivity contribution is 0.0377. The molecule has 6 nitrogen and oxygen atoms in total. The molecule has 0 aromatic carbocycles. The standard InChI is InChI=1S/C17H34N4O2/c18-17(19-8-5-10-21-11-14-22-15-12-21)20-9-13-23-16-6-3-1-2-4-7-16/h16H,1-15H2,(H3,18,19,20). The Hall–Kier alpha value is -0.850. The van der Waals surface area contributed by atoms with Crippen molar-refractivity contribution in [1.82, 2.24) is 10.2 Å². The van der Waals surface area contributed by atoms with Crippen molar-refractivity contribution in [2.45, 2.75) is 51.0 Å². The lowest BCUT2D eigenvalue weighted by atomic mass is 10.1. The van der Waals surface area contributed by atoms with Crippen LogP contribution in [0.25, 0.3) is 0 Å². The van der Waals surface area contributed by atoms with Gasteiger partial charge in [-0.3, -0.25) is 9.89 Å². The van der Waals surface area contributed by atoms with E-state index in [9.17, 15) is 0 Å². The monoisotopic (exact) mass is 326 g/mol. The van der Waals surface area contributed by atoms with E-state index in [-0.39, 0.29) is 0 Å². The smallest absolute Gasteiger partial charge is 0.188 e. The third-order valence-electron chi connectivity index (χ3n) is 4.58. The van der Waals surface area contributed by atoms with Crippen LogP contribution >= 0.6 is 0 Å². The first kappa shape index (κ1) is 18.5. The number of aliphatic imine (C=N–C) groups is 1. The van der Waals surface area contributed by atoms with Crippen LogP contribution in [0.3, 0.4) is 0 Å². The van der Waals surface area contributed by atoms with Gasteiger partial charge in [-0.25, -0.2) is 0 Å². The van der Waals surface area contributed by atoms with E-state index < -0.39 is 0 Å². The maximum atomic E-state index is 5.93. The zero-order chi connectivity index (χ0) is 16.2. The fourth-order valence-electron chi connectivity index (χ4n) is 3.19. The molecule has 0 aromatic rings. The van der Waals surface area contributed by atoms with Crippen LogP contribution in [0.2, 0.25) is 0 Å². The predicted molar refractivity (Wildman–Crippen MR) is 93.8 cm³/mol. The Morgan fingerprint density at radius 3 is 2.65 bits per heavy atom. The van der Waals surface area contributed by atoms with E-state index in [0.717, 1.165) is 52.4 Å². The van der Waals surface area contributed by atoms with Gasteiger partial charge in [0.25, 0.3) is 0 Å². The molecule has 23 heavy (non-hydrogen) atoms. The Morgan fingerprint density at radius 2 is 1.91 bits per heavy atom. The Balaban J connectivity index is 1.46. The summed E-state index contributed by atoms with van der Waals surface area (Å²) in [6.07, 6.45) is 9.27. The number of nitrogens with one attached hydrogen (secondary N) is 1. The van der Waals surface area contributed by atoms with E-state index in [2.05, 4.69) is 15.2 Å². The van der Waals surface area contributed by atoms with E-state index in [0.29, 0.717) is 18.7 Å². The predicted octanol–water partition coefficient (Wildman–Crippen LogP) is 1.35. The maximum absolute atomic E-state index is 5.93. The Bertz CT molecular complexity index is 325. The second-order valence-electron chi connectivity index (χ2n) is 6.49. The summed E-state index contributed by atoms with van der Waals surface area (Å²) in [6, 6.07) is 0. The average molecular weight is 326 g/mol. The van der Waals surface area contributed by atoms with Gasteiger partial charge in [-0.1, -0.05) is 25.7 Å². The average Bonchev–Trinajstić information content (AvgIpc) is 2.85. The molecule has 134 valence electrons. The van der Waals surface area contributed by atoms with Crippen LogP contribution in [-0.4, -0.2) is 69.5 Å². The molecule has 2 rings (SSSR count). The van der Waals surface area contributed by atoms with Crippen LogP contribution in [-0.2, 0) is 9.47 Å². The van der Waals surface area contributed by atoms with Crippen molar-refractivity contribution in [3.63, 3.8) is 0 Å². The van der Waals surface area contributed by atoms with Gasteiger partial charge in [0.05, 0.1) is 25.9 Å². The molecular weight excluding hydrogens is 292 g/mol. The topological polar surface area (TPSA) is 72.1 Å². The molecular formula is C17H34N4O2. The fraction of sp³-hybridized carbons (Fsp3) is 0.941. The van der Waals surface area contributed by atoms with Gasteiger partial charge in [0.1, 0.15) is 0 Å². The van der Waals surface area contributed by atoms with Crippen molar-refractivity contribution >= 4 is 5.96 Å². The molecule has 1 aliphatic carbocycles. The van der Waals surface area contributed by atoms with Gasteiger partial charge in [-0.2, -0.15) is 0 Å². The summed E-state index contributed by atoms with van der Waals surface area (Å²) in [6.45, 7) is 7.10. The van der Waals surface area contributed by atoms with Crippen molar-refractivity contribution in [2.75, 3.05) is 52.5 Å². The third kappa shape index (κ3) is 8.53. The zero-order valence-corrected chi connectivity index (χ0v) is 14.5. The minimum absolute atomic E-state index is 0.450. The second-order valence-corrected chi connectivity index (χ2v) is 6.49. The highest BCUT2D eigenvalue weighted by Crippen LogP contribution is 2.19. The molecule has 2 fully saturated rings. The summed E-state index contributed by atoms with van der Waals surface area (Å²) in [5.41, 5.74) is 5.89. The zero-order valence-electron chi connectivity index (χ0n) is 14.5. The summed E-state index contributed by atoms with van der Waals surface area (Å²) >= 11 is 0. The summed E-state index contributed by atoms with van der Waals surface area (Å²) in [5.74, 6) is 0.538. The minimum atomic E-state index is 0.450. The van der Waals surface area contributed by atoms with Crippen LogP contribution in [0.1, 0.15) is 44.9 Å². The van der Waals surface area contributed by atoms with Gasteiger partial charge in [0.2, 0.25) is 0 Å². The molecule has 0 atom stereocenters. The largest absolute Gasteiger partial charge is 0.379 e. The van der Waals surface area contributed by atoms with Crippen molar-refractivity contribution in [3.8, 4) is 0 Å². The molecule has 1 saturated carbocycles. The van der Waals surface area contributed by atoms with E-state index in [1.165, 1.54) is 38.5 Å². The minimum Gasteiger partial charge on any atom is -0.379 e. The first-order valence-electron chi connectivity index (χ1n) is 9.30. The third-order valence-corrected chi connectivity index (χ3v) is 4.58. The number of morpholine rings is 1. The molecule has 0 unspecified atom stereocenters. The highest BCUT2D eigenvalue weighted by molar-refractivity contribution is 5.77. The molecule has 0 radical (unpaired) electrons. The number of hydrogen-bond acceptors (Lipinski definition) is 4. The van der Waals surface area contributed by atoms with Gasteiger partial charge in [0.15, 0.2) is 5.96 Å². The molecule has 1 heterocycles. The lowest BCUT2D eigenvalue weighted by Crippen LogP contribution is -2.37. The van der Waals surface area contributed by atoms with E-state index in [4.69, 9.17) is 15.2 Å². The van der Waals surface area contributed by atoms with E-state index in [1.807, 2.05) is 0 Å². The fourth-order valence-corrected chi connectivity index (χ4v) is 3.19. The van der Waals surface area contributed by atoms with Crippen LogP contribution in [0.5, 0.6) is 0 Å². The molecule has 0 bridgehead atoms. The van der Waals surface area contributed by atoms with Crippen molar-refractivity contribution in [3.05, 3.63) is 0 Å². The molecule has 0 amide bonds. The molecule has 1 aliphatic heterocycles. The summed E-state index contributed by atoms with van der Waals surface area (Å²) in [5, 5.41) is 3.15. The van der Waals surface area contributed by atoms with E-state index in [1.54, 1.807) is 0 Å². The van der Waals surface area contributed by atoms with Crippen molar-refractivity contribution in [2.24, 2.45) is 10.7 Å². The Labute approximate surface area is 140 Å². The quantitative estimate of drug-likeness (QED) is 0.305. The van der Waals surface area contributed by atoms with E-state index >= 15 is 0 Å². The Morgan fingerprint density at radius 1 is 1.17 bits per heavy atom. The summed E-state index contributed by atoms with van der Waals surface area (Å²) in [4.78, 5) is 6.80. The molecule has 1 saturated heterocycles. The molecule has 2 aliphatic rings. The van der Waals surface area contributed by atoms with Gasteiger partial charge in [-0.15, -0.1) is 0 Å². The van der Waals surface area contributed by atoms with Crippen LogP contribution in [0, 0.1) is 0 Å². The number of guanidine groups is 1. The highest BCUT2D eigenvalue weighted by Gasteiger charge is 2.12. The van der Waals surface area contributed by atoms with Crippen LogP contribution in [0.4, 0.5) is 0 Å².